The monoisotopic (exact) mass is 129 g/mol. The molecule has 2 unspecified atom stereocenters. The van der Waals surface area contributed by atoms with Crippen LogP contribution in [0.2, 0.25) is 0 Å². The third kappa shape index (κ3) is 1.28. The number of rotatable bonds is 0. The van der Waals surface area contributed by atoms with Crippen molar-refractivity contribution in [1.82, 2.24) is 0 Å². The molecule has 46 valence electrons. The van der Waals surface area contributed by atoms with Gasteiger partial charge in [-0.3, -0.25) is 0 Å². The van der Waals surface area contributed by atoms with E-state index in [0.29, 0.717) is 10.9 Å². The second-order valence-electron chi connectivity index (χ2n) is 2.38. The van der Waals surface area contributed by atoms with Crippen molar-refractivity contribution in [2.24, 2.45) is 0 Å². The third-order valence-electron chi connectivity index (χ3n) is 1.68. The summed E-state index contributed by atoms with van der Waals surface area (Å²) in [4.78, 5) is 0. The van der Waals surface area contributed by atoms with E-state index in [-0.39, 0.29) is 0 Å². The van der Waals surface area contributed by atoms with E-state index in [2.05, 4.69) is 25.3 Å². The van der Waals surface area contributed by atoms with Gasteiger partial charge in [0.2, 0.25) is 0 Å². The van der Waals surface area contributed by atoms with Crippen LogP contribution in [0.4, 0.5) is 0 Å². The molecule has 0 radical (unpaired) electrons. The SMILES string of the molecule is CC1CC=CC[S+]1C. The molecule has 1 heteroatoms. The lowest BCUT2D eigenvalue weighted by atomic mass is 10.3. The third-order valence-corrected chi connectivity index (χ3v) is 3.97. The zero-order valence-electron chi connectivity index (χ0n) is 5.55. The zero-order chi connectivity index (χ0) is 5.98. The predicted octanol–water partition coefficient (Wildman–Crippen LogP) is 1.58. The fourth-order valence-corrected chi connectivity index (χ4v) is 2.04. The fraction of sp³-hybridized carbons (Fsp3) is 0.714. The summed E-state index contributed by atoms with van der Waals surface area (Å²) in [5.41, 5.74) is 0. The molecule has 0 amide bonds. The Labute approximate surface area is 54.3 Å². The Morgan fingerprint density at radius 3 is 2.62 bits per heavy atom. The smallest absolute Gasteiger partial charge is 0.0790 e. The average Bonchev–Trinajstić information content (AvgIpc) is 1.77. The normalized spacial score (nSPS) is 37.8. The minimum Gasteiger partial charge on any atom is -0.0790 e. The van der Waals surface area contributed by atoms with Gasteiger partial charge in [0.05, 0.1) is 6.26 Å². The van der Waals surface area contributed by atoms with E-state index in [1.54, 1.807) is 0 Å². The first-order valence-corrected chi connectivity index (χ1v) is 4.93. The van der Waals surface area contributed by atoms with E-state index in [9.17, 15) is 0 Å². The second-order valence-corrected chi connectivity index (χ2v) is 4.90. The Kier molecular flexibility index (Phi) is 2.01. The standard InChI is InChI=1S/C7H13S/c1-7-5-3-4-6-8(7)2/h3-4,7H,5-6H2,1-2H3/q+1. The van der Waals surface area contributed by atoms with Crippen LogP contribution < -0.4 is 0 Å². The molecule has 2 atom stereocenters. The van der Waals surface area contributed by atoms with E-state index in [4.69, 9.17) is 0 Å². The highest BCUT2D eigenvalue weighted by Crippen LogP contribution is 2.12. The van der Waals surface area contributed by atoms with Gasteiger partial charge in [0.25, 0.3) is 0 Å². The number of hydrogen-bond donors (Lipinski definition) is 0. The van der Waals surface area contributed by atoms with E-state index in [1.807, 2.05) is 0 Å². The van der Waals surface area contributed by atoms with Gasteiger partial charge < -0.3 is 0 Å². The Morgan fingerprint density at radius 1 is 1.50 bits per heavy atom. The van der Waals surface area contributed by atoms with Crippen LogP contribution >= 0.6 is 0 Å². The molecule has 0 aromatic carbocycles. The van der Waals surface area contributed by atoms with Crippen molar-refractivity contribution in [2.75, 3.05) is 12.0 Å². The lowest BCUT2D eigenvalue weighted by Crippen LogP contribution is -2.21. The molecular weight excluding hydrogens is 116 g/mol. The first-order valence-electron chi connectivity index (χ1n) is 3.07. The summed E-state index contributed by atoms with van der Waals surface area (Å²) in [6.45, 7) is 2.34. The number of hydrogen-bond acceptors (Lipinski definition) is 0. The molecule has 1 heterocycles. The molecule has 0 nitrogen and oxygen atoms in total. The van der Waals surface area contributed by atoms with Gasteiger partial charge in [-0.1, -0.05) is 6.08 Å². The van der Waals surface area contributed by atoms with Gasteiger partial charge >= 0.3 is 0 Å². The summed E-state index contributed by atoms with van der Waals surface area (Å²) in [6.07, 6.45) is 8.27. The van der Waals surface area contributed by atoms with Gasteiger partial charge in [-0.15, -0.1) is 0 Å². The molecule has 1 aliphatic heterocycles. The molecule has 0 aliphatic carbocycles. The topological polar surface area (TPSA) is 0 Å². The average molecular weight is 129 g/mol. The van der Waals surface area contributed by atoms with Crippen molar-refractivity contribution in [3.05, 3.63) is 12.2 Å². The van der Waals surface area contributed by atoms with Crippen molar-refractivity contribution in [3.63, 3.8) is 0 Å². The van der Waals surface area contributed by atoms with Crippen LogP contribution in [0.1, 0.15) is 13.3 Å². The maximum atomic E-state index is 2.36. The number of allylic oxidation sites excluding steroid dienone is 1. The van der Waals surface area contributed by atoms with Crippen LogP contribution in [-0.2, 0) is 10.9 Å². The molecule has 0 N–H and O–H groups in total. The molecule has 1 rings (SSSR count). The molecule has 0 spiro atoms. The first-order chi connectivity index (χ1) is 3.80. The second kappa shape index (κ2) is 2.58. The predicted molar refractivity (Wildman–Crippen MR) is 41.4 cm³/mol. The van der Waals surface area contributed by atoms with Gasteiger partial charge in [-0.25, -0.2) is 0 Å². The van der Waals surface area contributed by atoms with Crippen molar-refractivity contribution in [2.45, 2.75) is 18.6 Å². The van der Waals surface area contributed by atoms with Crippen LogP contribution in [-0.4, -0.2) is 17.3 Å². The van der Waals surface area contributed by atoms with Crippen LogP contribution in [0.5, 0.6) is 0 Å². The molecule has 0 aromatic rings. The molecule has 8 heavy (non-hydrogen) atoms. The first kappa shape index (κ1) is 6.21. The van der Waals surface area contributed by atoms with Gasteiger partial charge in [0, 0.05) is 6.42 Å². The zero-order valence-corrected chi connectivity index (χ0v) is 6.37. The summed E-state index contributed by atoms with van der Waals surface area (Å²) < 4.78 is 0. The summed E-state index contributed by atoms with van der Waals surface area (Å²) in [5.74, 6) is 1.32. The fourth-order valence-electron chi connectivity index (χ4n) is 0.836. The summed E-state index contributed by atoms with van der Waals surface area (Å²) in [7, 11) is 0.678. The van der Waals surface area contributed by atoms with E-state index >= 15 is 0 Å². The Bertz CT molecular complexity index is 84.6. The largest absolute Gasteiger partial charge is 0.126 e. The molecule has 0 aromatic heterocycles. The highest BCUT2D eigenvalue weighted by atomic mass is 32.2. The van der Waals surface area contributed by atoms with Crippen molar-refractivity contribution in [1.29, 1.82) is 0 Å². The highest BCUT2D eigenvalue weighted by Gasteiger charge is 2.20. The minimum atomic E-state index is 0.678. The molecule has 1 aliphatic rings. The lowest BCUT2D eigenvalue weighted by Gasteiger charge is -2.11. The summed E-state index contributed by atoms with van der Waals surface area (Å²) in [5, 5.41) is 0.944. The van der Waals surface area contributed by atoms with Crippen LogP contribution in [0.15, 0.2) is 12.2 Å². The minimum absolute atomic E-state index is 0.678. The van der Waals surface area contributed by atoms with Crippen molar-refractivity contribution in [3.8, 4) is 0 Å². The van der Waals surface area contributed by atoms with Crippen LogP contribution in [0.25, 0.3) is 0 Å². The quantitative estimate of drug-likeness (QED) is 0.344. The molecule has 0 saturated carbocycles. The Morgan fingerprint density at radius 2 is 2.25 bits per heavy atom. The van der Waals surface area contributed by atoms with Crippen LogP contribution in [0.3, 0.4) is 0 Å². The van der Waals surface area contributed by atoms with E-state index in [0.717, 1.165) is 5.25 Å². The van der Waals surface area contributed by atoms with Crippen molar-refractivity contribution >= 4 is 10.9 Å². The van der Waals surface area contributed by atoms with Gasteiger partial charge in [0.15, 0.2) is 0 Å². The molecule has 0 fully saturated rings. The summed E-state index contributed by atoms with van der Waals surface area (Å²) >= 11 is 0. The Hall–Kier alpha value is 0.0900. The van der Waals surface area contributed by atoms with Gasteiger partial charge in [-0.05, 0) is 23.9 Å². The van der Waals surface area contributed by atoms with E-state index < -0.39 is 0 Å². The van der Waals surface area contributed by atoms with Gasteiger partial charge in [0.1, 0.15) is 11.0 Å². The maximum absolute atomic E-state index is 2.36. The highest BCUT2D eigenvalue weighted by molar-refractivity contribution is 7.96. The van der Waals surface area contributed by atoms with Gasteiger partial charge in [-0.2, -0.15) is 0 Å². The molecule has 0 bridgehead atoms. The lowest BCUT2D eigenvalue weighted by molar-refractivity contribution is 0.958. The maximum Gasteiger partial charge on any atom is 0.126 e. The molecule has 0 saturated heterocycles. The van der Waals surface area contributed by atoms with Crippen LogP contribution in [0, 0.1) is 0 Å². The summed E-state index contributed by atoms with van der Waals surface area (Å²) in [6, 6.07) is 0. The van der Waals surface area contributed by atoms with E-state index in [1.165, 1.54) is 12.2 Å². The van der Waals surface area contributed by atoms with Crippen molar-refractivity contribution < 1.29 is 0 Å². The molecular formula is C7H13S+. The Balaban J connectivity index is 2.44.